The smallest absolute Gasteiger partial charge is 0.238 e. The molecule has 29 heavy (non-hydrogen) atoms. The van der Waals surface area contributed by atoms with E-state index in [1.54, 1.807) is 18.9 Å². The van der Waals surface area contributed by atoms with Gasteiger partial charge in [-0.15, -0.1) is 5.92 Å². The Hall–Kier alpha value is -1.89. The average Bonchev–Trinajstić information content (AvgIpc) is 2.68. The summed E-state index contributed by atoms with van der Waals surface area (Å²) >= 11 is 1.56. The van der Waals surface area contributed by atoms with Crippen LogP contribution in [0.15, 0.2) is 18.2 Å². The maximum absolute atomic E-state index is 12.4. The van der Waals surface area contributed by atoms with Gasteiger partial charge in [0.05, 0.1) is 13.4 Å². The number of carbonyl (C=O) groups is 1. The van der Waals surface area contributed by atoms with Crippen LogP contribution in [0.25, 0.3) is 0 Å². The van der Waals surface area contributed by atoms with Gasteiger partial charge in [0.25, 0.3) is 0 Å². The Morgan fingerprint density at radius 3 is 2.66 bits per heavy atom. The lowest BCUT2D eigenvalue weighted by Crippen LogP contribution is -2.47. The minimum Gasteiger partial charge on any atom is -0.493 e. The third kappa shape index (κ3) is 10.5. The van der Waals surface area contributed by atoms with Gasteiger partial charge in [-0.3, -0.25) is 4.79 Å². The fourth-order valence-electron chi connectivity index (χ4n) is 2.47. The number of nitrogens with one attached hydrogen (secondary N) is 2. The Morgan fingerprint density at radius 2 is 2.03 bits per heavy atom. The molecule has 1 rings (SSSR count). The molecule has 9 heteroatoms. The Kier molecular flexibility index (Phi) is 11.6. The van der Waals surface area contributed by atoms with Crippen molar-refractivity contribution in [2.75, 3.05) is 38.5 Å². The molecule has 0 aromatic heterocycles. The van der Waals surface area contributed by atoms with Crippen LogP contribution in [0.5, 0.6) is 11.5 Å². The highest BCUT2D eigenvalue weighted by atomic mass is 32.2. The summed E-state index contributed by atoms with van der Waals surface area (Å²) in [5.74, 6) is 7.42. The van der Waals surface area contributed by atoms with E-state index in [9.17, 15) is 13.2 Å². The van der Waals surface area contributed by atoms with E-state index in [0.717, 1.165) is 18.2 Å². The zero-order valence-electron chi connectivity index (χ0n) is 17.4. The Morgan fingerprint density at radius 1 is 1.28 bits per heavy atom. The number of benzene rings is 1. The van der Waals surface area contributed by atoms with Crippen LogP contribution >= 0.6 is 11.8 Å². The number of amides is 1. The first-order chi connectivity index (χ1) is 13.8. The topological polar surface area (TPSA) is 93.7 Å². The van der Waals surface area contributed by atoms with Gasteiger partial charge < -0.3 is 14.8 Å². The van der Waals surface area contributed by atoms with E-state index in [1.165, 1.54) is 0 Å². The van der Waals surface area contributed by atoms with E-state index in [2.05, 4.69) is 21.9 Å². The predicted molar refractivity (Wildman–Crippen MR) is 118 cm³/mol. The quantitative estimate of drug-likeness (QED) is 0.480. The summed E-state index contributed by atoms with van der Waals surface area (Å²) in [5, 5.41) is 2.80. The summed E-state index contributed by atoms with van der Waals surface area (Å²) in [6, 6.07) is 4.80. The van der Waals surface area contributed by atoms with Crippen LogP contribution in [-0.2, 0) is 21.2 Å². The molecule has 0 saturated carbocycles. The van der Waals surface area contributed by atoms with Crippen LogP contribution in [0.3, 0.4) is 0 Å². The molecule has 0 aliphatic rings. The lowest BCUT2D eigenvalue weighted by atomic mass is 10.1. The van der Waals surface area contributed by atoms with Gasteiger partial charge in [0.2, 0.25) is 15.9 Å². The van der Waals surface area contributed by atoms with Gasteiger partial charge in [0, 0.05) is 13.0 Å². The van der Waals surface area contributed by atoms with Gasteiger partial charge in [0.1, 0.15) is 12.6 Å². The summed E-state index contributed by atoms with van der Waals surface area (Å²) < 4.78 is 36.3. The van der Waals surface area contributed by atoms with Crippen LogP contribution in [0.4, 0.5) is 0 Å². The highest BCUT2D eigenvalue weighted by Crippen LogP contribution is 2.28. The third-order valence-corrected chi connectivity index (χ3v) is 5.18. The van der Waals surface area contributed by atoms with Crippen LogP contribution in [0.1, 0.15) is 25.3 Å². The fourth-order valence-corrected chi connectivity index (χ4v) is 3.68. The summed E-state index contributed by atoms with van der Waals surface area (Å²) in [5.41, 5.74) is 0.964. The number of ether oxygens (including phenoxy) is 2. The molecular weight excluding hydrogens is 412 g/mol. The average molecular weight is 443 g/mol. The zero-order valence-corrected chi connectivity index (χ0v) is 19.0. The van der Waals surface area contributed by atoms with Crippen LogP contribution < -0.4 is 19.5 Å². The second kappa shape index (κ2) is 13.4. The summed E-state index contributed by atoms with van der Waals surface area (Å²) in [4.78, 5) is 12.4. The highest BCUT2D eigenvalue weighted by Gasteiger charge is 2.21. The van der Waals surface area contributed by atoms with E-state index >= 15 is 0 Å². The van der Waals surface area contributed by atoms with Crippen molar-refractivity contribution in [2.45, 2.75) is 32.2 Å². The molecule has 0 unspecified atom stereocenters. The minimum atomic E-state index is -3.46. The maximum atomic E-state index is 12.4. The van der Waals surface area contributed by atoms with E-state index in [-0.39, 0.29) is 5.91 Å². The maximum Gasteiger partial charge on any atom is 0.238 e. The molecule has 0 spiro atoms. The molecule has 1 aromatic carbocycles. The largest absolute Gasteiger partial charge is 0.493 e. The van der Waals surface area contributed by atoms with Gasteiger partial charge in [-0.05, 0) is 42.5 Å². The van der Waals surface area contributed by atoms with Crippen molar-refractivity contribution in [1.82, 2.24) is 10.0 Å². The van der Waals surface area contributed by atoms with Crippen molar-refractivity contribution >= 4 is 27.7 Å². The standard InChI is InChI=1S/C20H30N2O5S2/c1-5-6-7-13-27-18-9-8-16(15-19(18)26-2)10-12-21-20(23)17(11-14-28-3)22-29(4,24)25/h8-9,15,17,22H,5,10-14H2,1-4H3,(H,21,23)/t17-/m0/s1. The predicted octanol–water partition coefficient (Wildman–Crippen LogP) is 1.82. The Bertz CT molecular complexity index is 816. The van der Waals surface area contributed by atoms with Crippen molar-refractivity contribution in [1.29, 1.82) is 0 Å². The molecule has 1 amide bonds. The lowest BCUT2D eigenvalue weighted by Gasteiger charge is -2.17. The number of methoxy groups -OCH3 is 1. The molecule has 162 valence electrons. The lowest BCUT2D eigenvalue weighted by molar-refractivity contribution is -0.122. The highest BCUT2D eigenvalue weighted by molar-refractivity contribution is 7.98. The number of hydrogen-bond acceptors (Lipinski definition) is 6. The van der Waals surface area contributed by atoms with Gasteiger partial charge in [-0.2, -0.15) is 11.8 Å². The third-order valence-electron chi connectivity index (χ3n) is 3.83. The molecule has 0 saturated heterocycles. The SMILES string of the molecule is CCC#CCOc1ccc(CCNC(=O)[C@H](CCSC)NS(C)(=O)=O)cc1OC. The first-order valence-electron chi connectivity index (χ1n) is 9.30. The molecule has 1 aromatic rings. The number of hydrogen-bond donors (Lipinski definition) is 2. The van der Waals surface area contributed by atoms with E-state index < -0.39 is 16.1 Å². The Balaban J connectivity index is 2.63. The van der Waals surface area contributed by atoms with Crippen molar-refractivity contribution < 1.29 is 22.7 Å². The van der Waals surface area contributed by atoms with E-state index in [1.807, 2.05) is 31.4 Å². The van der Waals surface area contributed by atoms with E-state index in [4.69, 9.17) is 9.47 Å². The summed E-state index contributed by atoms with van der Waals surface area (Å²) in [7, 11) is -1.89. The van der Waals surface area contributed by atoms with Crippen molar-refractivity contribution in [3.63, 3.8) is 0 Å². The number of rotatable bonds is 12. The van der Waals surface area contributed by atoms with Crippen molar-refractivity contribution in [3.05, 3.63) is 23.8 Å². The zero-order chi connectivity index (χ0) is 21.7. The molecule has 7 nitrogen and oxygen atoms in total. The first kappa shape index (κ1) is 25.1. The minimum absolute atomic E-state index is 0.296. The van der Waals surface area contributed by atoms with Gasteiger partial charge in [-0.25, -0.2) is 13.1 Å². The molecule has 0 aliphatic heterocycles. The molecule has 2 N–H and O–H groups in total. The number of sulfonamides is 1. The van der Waals surface area contributed by atoms with E-state index in [0.29, 0.717) is 43.2 Å². The number of carbonyl (C=O) groups excluding carboxylic acids is 1. The monoisotopic (exact) mass is 442 g/mol. The molecule has 0 radical (unpaired) electrons. The summed E-state index contributed by atoms with van der Waals surface area (Å²) in [6.07, 6.45) is 4.75. The number of thioether (sulfide) groups is 1. The summed E-state index contributed by atoms with van der Waals surface area (Å²) in [6.45, 7) is 2.65. The second-order valence-electron chi connectivity index (χ2n) is 6.25. The van der Waals surface area contributed by atoms with Gasteiger partial charge in [-0.1, -0.05) is 18.9 Å². The Labute approximate surface area is 178 Å². The molecule has 0 aliphatic carbocycles. The second-order valence-corrected chi connectivity index (χ2v) is 9.01. The van der Waals surface area contributed by atoms with Gasteiger partial charge in [0.15, 0.2) is 11.5 Å². The molecular formula is C20H30N2O5S2. The molecule has 1 atom stereocenters. The normalized spacial score (nSPS) is 11.9. The van der Waals surface area contributed by atoms with Crippen LogP contribution in [0.2, 0.25) is 0 Å². The van der Waals surface area contributed by atoms with Crippen molar-refractivity contribution in [2.24, 2.45) is 0 Å². The fraction of sp³-hybridized carbons (Fsp3) is 0.550. The molecule has 0 bridgehead atoms. The van der Waals surface area contributed by atoms with Gasteiger partial charge >= 0.3 is 0 Å². The van der Waals surface area contributed by atoms with Crippen LogP contribution in [0, 0.1) is 11.8 Å². The molecule has 0 fully saturated rings. The first-order valence-corrected chi connectivity index (χ1v) is 12.6. The van der Waals surface area contributed by atoms with Crippen molar-refractivity contribution in [3.8, 4) is 23.3 Å². The van der Waals surface area contributed by atoms with Crippen LogP contribution in [-0.4, -0.2) is 58.9 Å². The molecule has 0 heterocycles.